The molecule has 2 amide bonds. The number of aromatic nitrogens is 2. The minimum absolute atomic E-state index is 0.0257. The average Bonchev–Trinajstić information content (AvgIpc) is 3.18. The van der Waals surface area contributed by atoms with Gasteiger partial charge in [0, 0.05) is 23.1 Å². The number of aryl methyl sites for hydroxylation is 3. The molecule has 2 heterocycles. The number of amides is 2. The maximum atomic E-state index is 13.4. The van der Waals surface area contributed by atoms with Gasteiger partial charge in [-0.25, -0.2) is 9.38 Å². The zero-order valence-electron chi connectivity index (χ0n) is 18.6. The third kappa shape index (κ3) is 4.70. The quantitative estimate of drug-likeness (QED) is 0.431. The predicted molar refractivity (Wildman–Crippen MR) is 132 cm³/mol. The number of hydrogen-bond acceptors (Lipinski definition) is 5. The Hall–Kier alpha value is -3.78. The molecular formula is C25H24N4O3S. The van der Waals surface area contributed by atoms with Gasteiger partial charge in [-0.3, -0.25) is 14.4 Å². The molecule has 33 heavy (non-hydrogen) atoms. The molecule has 0 saturated carbocycles. The van der Waals surface area contributed by atoms with Crippen LogP contribution in [0.1, 0.15) is 50.3 Å². The fraction of sp³-hybridized carbons (Fsp3) is 0.200. The summed E-state index contributed by atoms with van der Waals surface area (Å²) >= 11 is 1.03. The van der Waals surface area contributed by atoms with Gasteiger partial charge in [-0.05, 0) is 55.7 Å². The van der Waals surface area contributed by atoms with Gasteiger partial charge < -0.3 is 10.6 Å². The SMILES string of the molecule is CCCc1cc(=O)n2c(C(=O)Nc3ccc(C)c(C)c3)c(C(=O)Nc3ccccc3)sc2n1. The van der Waals surface area contributed by atoms with Crippen molar-refractivity contribution in [2.24, 2.45) is 0 Å². The van der Waals surface area contributed by atoms with E-state index in [1.54, 1.807) is 30.3 Å². The molecule has 0 fully saturated rings. The first-order valence-electron chi connectivity index (χ1n) is 10.7. The molecule has 0 atom stereocenters. The van der Waals surface area contributed by atoms with Gasteiger partial charge in [0.2, 0.25) is 0 Å². The molecule has 7 nitrogen and oxygen atoms in total. The van der Waals surface area contributed by atoms with Crippen LogP contribution < -0.4 is 16.2 Å². The van der Waals surface area contributed by atoms with E-state index in [0.717, 1.165) is 28.9 Å². The normalized spacial score (nSPS) is 10.9. The van der Waals surface area contributed by atoms with Crippen molar-refractivity contribution < 1.29 is 9.59 Å². The van der Waals surface area contributed by atoms with E-state index in [1.165, 1.54) is 10.5 Å². The van der Waals surface area contributed by atoms with Crippen LogP contribution in [0.5, 0.6) is 0 Å². The Labute approximate surface area is 195 Å². The van der Waals surface area contributed by atoms with Crippen LogP contribution in [-0.2, 0) is 6.42 Å². The maximum Gasteiger partial charge on any atom is 0.274 e. The summed E-state index contributed by atoms with van der Waals surface area (Å²) in [4.78, 5) is 44.4. The number of rotatable bonds is 6. The highest BCUT2D eigenvalue weighted by Gasteiger charge is 2.26. The lowest BCUT2D eigenvalue weighted by Gasteiger charge is -2.09. The number of carbonyl (C=O) groups is 2. The summed E-state index contributed by atoms with van der Waals surface area (Å²) in [5.41, 5.74) is 3.52. The van der Waals surface area contributed by atoms with Crippen LogP contribution in [0.2, 0.25) is 0 Å². The third-order valence-corrected chi connectivity index (χ3v) is 6.34. The van der Waals surface area contributed by atoms with Crippen LogP contribution in [0.3, 0.4) is 0 Å². The standard InChI is InChI=1S/C25H24N4O3S/c1-4-8-18-14-20(30)29-21(23(31)27-19-12-11-15(2)16(3)13-19)22(33-25(29)28-18)24(32)26-17-9-6-5-7-10-17/h5-7,9-14H,4,8H2,1-3H3,(H,26,32)(H,27,31). The van der Waals surface area contributed by atoms with E-state index in [0.29, 0.717) is 28.5 Å². The number of carbonyl (C=O) groups excluding carboxylic acids is 2. The largest absolute Gasteiger partial charge is 0.321 e. The predicted octanol–water partition coefficient (Wildman–Crippen LogP) is 4.83. The molecule has 168 valence electrons. The van der Waals surface area contributed by atoms with E-state index in [-0.39, 0.29) is 16.1 Å². The molecule has 8 heteroatoms. The molecule has 4 aromatic rings. The molecule has 2 aromatic carbocycles. The molecule has 0 spiro atoms. The van der Waals surface area contributed by atoms with Gasteiger partial charge in [-0.15, -0.1) is 0 Å². The van der Waals surface area contributed by atoms with E-state index in [9.17, 15) is 14.4 Å². The number of para-hydroxylation sites is 1. The van der Waals surface area contributed by atoms with Gasteiger partial charge in [0.25, 0.3) is 17.4 Å². The minimum Gasteiger partial charge on any atom is -0.321 e. The summed E-state index contributed by atoms with van der Waals surface area (Å²) in [6.45, 7) is 5.94. The first-order valence-corrected chi connectivity index (χ1v) is 11.5. The number of fused-ring (bicyclic) bond motifs is 1. The molecular weight excluding hydrogens is 436 g/mol. The number of nitrogens with zero attached hydrogens (tertiary/aromatic N) is 2. The Morgan fingerprint density at radius 3 is 2.36 bits per heavy atom. The summed E-state index contributed by atoms with van der Waals surface area (Å²) in [6.07, 6.45) is 1.47. The van der Waals surface area contributed by atoms with Gasteiger partial charge in [0.05, 0.1) is 0 Å². The first-order chi connectivity index (χ1) is 15.9. The summed E-state index contributed by atoms with van der Waals surface area (Å²) in [7, 11) is 0. The fourth-order valence-corrected chi connectivity index (χ4v) is 4.53. The van der Waals surface area contributed by atoms with Crippen LogP contribution in [0, 0.1) is 13.8 Å². The molecule has 2 aromatic heterocycles. The van der Waals surface area contributed by atoms with Crippen molar-refractivity contribution in [2.75, 3.05) is 10.6 Å². The molecule has 0 aliphatic carbocycles. The molecule has 4 rings (SSSR count). The molecule has 0 radical (unpaired) electrons. The number of anilines is 2. The van der Waals surface area contributed by atoms with Crippen molar-refractivity contribution in [3.63, 3.8) is 0 Å². The lowest BCUT2D eigenvalue weighted by molar-refractivity contribution is 0.0989. The smallest absolute Gasteiger partial charge is 0.274 e. The number of benzene rings is 2. The Kier molecular flexibility index (Phi) is 6.37. The van der Waals surface area contributed by atoms with Crippen molar-refractivity contribution in [3.8, 4) is 0 Å². The van der Waals surface area contributed by atoms with Crippen LogP contribution in [0.4, 0.5) is 11.4 Å². The average molecular weight is 461 g/mol. The summed E-state index contributed by atoms with van der Waals surface area (Å²) in [5.74, 6) is -1.02. The first kappa shape index (κ1) is 22.4. The van der Waals surface area contributed by atoms with Gasteiger partial charge in [0.15, 0.2) is 4.96 Å². The minimum atomic E-state index is -0.546. The van der Waals surface area contributed by atoms with E-state index in [1.807, 2.05) is 39.0 Å². The third-order valence-electron chi connectivity index (χ3n) is 5.30. The number of nitrogens with one attached hydrogen (secondary N) is 2. The Morgan fingerprint density at radius 2 is 1.67 bits per heavy atom. The Balaban J connectivity index is 1.81. The summed E-state index contributed by atoms with van der Waals surface area (Å²) in [5, 5.41) is 5.63. The Morgan fingerprint density at radius 1 is 0.939 bits per heavy atom. The second-order valence-corrected chi connectivity index (χ2v) is 8.78. The highest BCUT2D eigenvalue weighted by atomic mass is 32.1. The van der Waals surface area contributed by atoms with Crippen molar-refractivity contribution in [2.45, 2.75) is 33.6 Å². The zero-order chi connectivity index (χ0) is 23.5. The summed E-state index contributed by atoms with van der Waals surface area (Å²) < 4.78 is 1.22. The maximum absolute atomic E-state index is 13.4. The molecule has 0 aliphatic rings. The van der Waals surface area contributed by atoms with Crippen LogP contribution >= 0.6 is 11.3 Å². The van der Waals surface area contributed by atoms with Crippen molar-refractivity contribution in [1.82, 2.24) is 9.38 Å². The summed E-state index contributed by atoms with van der Waals surface area (Å²) in [6, 6.07) is 15.9. The zero-order valence-corrected chi connectivity index (χ0v) is 19.5. The van der Waals surface area contributed by atoms with E-state index >= 15 is 0 Å². The molecule has 0 aliphatic heterocycles. The van der Waals surface area contributed by atoms with Gasteiger partial charge >= 0.3 is 0 Å². The number of hydrogen-bond donors (Lipinski definition) is 2. The van der Waals surface area contributed by atoms with Gasteiger partial charge in [-0.2, -0.15) is 0 Å². The molecule has 0 bridgehead atoms. The van der Waals surface area contributed by atoms with E-state index in [2.05, 4.69) is 15.6 Å². The Bertz CT molecular complexity index is 1410. The highest BCUT2D eigenvalue weighted by molar-refractivity contribution is 7.19. The van der Waals surface area contributed by atoms with Crippen molar-refractivity contribution >= 4 is 39.5 Å². The fourth-order valence-electron chi connectivity index (χ4n) is 3.48. The highest BCUT2D eigenvalue weighted by Crippen LogP contribution is 2.24. The van der Waals surface area contributed by atoms with Crippen molar-refractivity contribution in [3.05, 3.63) is 92.3 Å². The lowest BCUT2D eigenvalue weighted by atomic mass is 10.1. The van der Waals surface area contributed by atoms with Gasteiger partial charge in [0.1, 0.15) is 10.6 Å². The topological polar surface area (TPSA) is 92.6 Å². The monoisotopic (exact) mass is 460 g/mol. The lowest BCUT2D eigenvalue weighted by Crippen LogP contribution is -2.25. The molecule has 0 unspecified atom stereocenters. The van der Waals surface area contributed by atoms with E-state index in [4.69, 9.17) is 0 Å². The van der Waals surface area contributed by atoms with Crippen LogP contribution in [-0.4, -0.2) is 21.2 Å². The van der Waals surface area contributed by atoms with Gasteiger partial charge in [-0.1, -0.05) is 48.9 Å². The van der Waals surface area contributed by atoms with Crippen LogP contribution in [0.25, 0.3) is 4.96 Å². The van der Waals surface area contributed by atoms with Crippen molar-refractivity contribution in [1.29, 1.82) is 0 Å². The van der Waals surface area contributed by atoms with Crippen LogP contribution in [0.15, 0.2) is 59.4 Å². The molecule has 0 saturated heterocycles. The number of thiazole rings is 1. The second-order valence-electron chi connectivity index (χ2n) is 7.81. The molecule has 2 N–H and O–H groups in total. The second kappa shape index (κ2) is 9.38. The van der Waals surface area contributed by atoms with E-state index < -0.39 is 11.8 Å².